The fourth-order valence-corrected chi connectivity index (χ4v) is 5.74. The Kier molecular flexibility index (Phi) is 5.95. The molecule has 2 aromatic rings. The summed E-state index contributed by atoms with van der Waals surface area (Å²) in [7, 11) is -3.76. The van der Waals surface area contributed by atoms with Crippen molar-refractivity contribution in [2.24, 2.45) is 0 Å². The van der Waals surface area contributed by atoms with Crippen molar-refractivity contribution in [3.05, 3.63) is 71.3 Å². The summed E-state index contributed by atoms with van der Waals surface area (Å²) in [6.45, 7) is 3.26. The monoisotopic (exact) mass is 409 g/mol. The van der Waals surface area contributed by atoms with Crippen LogP contribution < -0.4 is 0 Å². The molecule has 1 aliphatic carbocycles. The number of hydrogen-bond acceptors (Lipinski definition) is 4. The first kappa shape index (κ1) is 21.3. The summed E-state index contributed by atoms with van der Waals surface area (Å²) in [6.07, 6.45) is 4.33. The highest BCUT2D eigenvalue weighted by molar-refractivity contribution is 7.93. The van der Waals surface area contributed by atoms with Crippen LogP contribution >= 0.6 is 0 Å². The van der Waals surface area contributed by atoms with Crippen molar-refractivity contribution in [2.45, 2.75) is 56.1 Å². The summed E-state index contributed by atoms with van der Waals surface area (Å²) >= 11 is 0. The smallest absolute Gasteiger partial charge is 0.166 e. The van der Waals surface area contributed by atoms with Crippen molar-refractivity contribution < 1.29 is 13.2 Å². The molecule has 29 heavy (non-hydrogen) atoms. The van der Waals surface area contributed by atoms with E-state index in [1.807, 2.05) is 36.4 Å². The Hall–Kier alpha value is -2.45. The molecule has 0 aliphatic heterocycles. The van der Waals surface area contributed by atoms with Crippen LogP contribution in [0.2, 0.25) is 0 Å². The van der Waals surface area contributed by atoms with Gasteiger partial charge < -0.3 is 0 Å². The van der Waals surface area contributed by atoms with Crippen molar-refractivity contribution in [3.8, 4) is 6.07 Å². The normalized spacial score (nSPS) is 16.7. The minimum atomic E-state index is -3.76. The van der Waals surface area contributed by atoms with Crippen LogP contribution in [0.4, 0.5) is 0 Å². The second-order valence-electron chi connectivity index (χ2n) is 8.39. The lowest BCUT2D eigenvalue weighted by molar-refractivity contribution is -0.123. The first-order valence-corrected chi connectivity index (χ1v) is 11.7. The molecule has 152 valence electrons. The van der Waals surface area contributed by atoms with Gasteiger partial charge in [0.15, 0.2) is 15.6 Å². The number of rotatable bonds is 6. The van der Waals surface area contributed by atoms with E-state index in [1.165, 1.54) is 0 Å². The Morgan fingerprint density at radius 2 is 1.59 bits per heavy atom. The molecule has 0 aromatic heterocycles. The van der Waals surface area contributed by atoms with Crippen LogP contribution in [0, 0.1) is 11.3 Å². The molecule has 0 bridgehead atoms. The van der Waals surface area contributed by atoms with Crippen LogP contribution in [0.3, 0.4) is 0 Å². The Balaban J connectivity index is 1.93. The minimum Gasteiger partial charge on any atom is -0.298 e. The molecule has 0 unspecified atom stereocenters. The van der Waals surface area contributed by atoms with Gasteiger partial charge >= 0.3 is 0 Å². The van der Waals surface area contributed by atoms with Crippen LogP contribution in [-0.4, -0.2) is 20.0 Å². The molecule has 0 amide bonds. The zero-order chi connectivity index (χ0) is 21.1. The molecule has 0 radical (unpaired) electrons. The number of Topliss-reactive ketones (excluding diaryl/α,β-unsaturated/α-hetero) is 1. The maximum atomic E-state index is 13.5. The predicted molar refractivity (Wildman–Crippen MR) is 114 cm³/mol. The molecule has 0 saturated heterocycles. The van der Waals surface area contributed by atoms with E-state index < -0.39 is 25.8 Å². The van der Waals surface area contributed by atoms with Crippen LogP contribution in [0.15, 0.2) is 54.6 Å². The summed E-state index contributed by atoms with van der Waals surface area (Å²) in [6, 6.07) is 18.2. The van der Waals surface area contributed by atoms with E-state index in [0.29, 0.717) is 24.0 Å². The van der Waals surface area contributed by atoms with Gasteiger partial charge in [-0.15, -0.1) is 0 Å². The maximum Gasteiger partial charge on any atom is 0.166 e. The first-order valence-electron chi connectivity index (χ1n) is 10.0. The van der Waals surface area contributed by atoms with E-state index in [-0.39, 0.29) is 5.78 Å². The highest BCUT2D eigenvalue weighted by atomic mass is 32.2. The van der Waals surface area contributed by atoms with Gasteiger partial charge in [-0.05, 0) is 49.9 Å². The van der Waals surface area contributed by atoms with E-state index in [9.17, 15) is 13.2 Å². The molecule has 0 atom stereocenters. The molecule has 2 aromatic carbocycles. The summed E-state index contributed by atoms with van der Waals surface area (Å²) in [5.41, 5.74) is 1.27. The molecular formula is C24H27NO3S. The van der Waals surface area contributed by atoms with Gasteiger partial charge in [-0.2, -0.15) is 5.26 Å². The molecule has 1 fully saturated rings. The standard InChI is InChI=1S/C24H27NO3S/c1-23(2,20-13-11-19(17-25)12-14-20)29(27,28)18-22(26)24(15-7-4-8-16-24)21-9-5-3-6-10-21/h3,5-6,9-14H,4,7-8,15-16,18H2,1-2H3. The van der Waals surface area contributed by atoms with E-state index in [2.05, 4.69) is 0 Å². The topological polar surface area (TPSA) is 75.0 Å². The van der Waals surface area contributed by atoms with Crippen molar-refractivity contribution in [3.63, 3.8) is 0 Å². The van der Waals surface area contributed by atoms with Gasteiger partial charge in [-0.25, -0.2) is 8.42 Å². The summed E-state index contributed by atoms with van der Waals surface area (Å²) in [5, 5.41) is 8.98. The highest BCUT2D eigenvalue weighted by Gasteiger charge is 2.45. The number of carbonyl (C=O) groups excluding carboxylic acids is 1. The minimum absolute atomic E-state index is 0.204. The molecular weight excluding hydrogens is 382 g/mol. The summed E-state index contributed by atoms with van der Waals surface area (Å²) in [4.78, 5) is 13.5. The lowest BCUT2D eigenvalue weighted by atomic mass is 9.67. The third-order valence-corrected chi connectivity index (χ3v) is 8.81. The van der Waals surface area contributed by atoms with E-state index in [0.717, 1.165) is 24.8 Å². The van der Waals surface area contributed by atoms with Crippen LogP contribution in [0.5, 0.6) is 0 Å². The number of nitrogens with zero attached hydrogens (tertiary/aromatic N) is 1. The SMILES string of the molecule is CC(C)(c1ccc(C#N)cc1)S(=O)(=O)CC(=O)C1(c2ccccc2)CCCCC1. The molecule has 3 rings (SSSR count). The molecule has 5 heteroatoms. The molecule has 0 heterocycles. The summed E-state index contributed by atoms with van der Waals surface area (Å²) in [5.74, 6) is -0.681. The number of ketones is 1. The predicted octanol–water partition coefficient (Wildman–Crippen LogP) is 4.68. The van der Waals surface area contributed by atoms with Crippen molar-refractivity contribution in [2.75, 3.05) is 5.75 Å². The zero-order valence-electron chi connectivity index (χ0n) is 17.0. The summed E-state index contributed by atoms with van der Waals surface area (Å²) < 4.78 is 25.5. The Morgan fingerprint density at radius 3 is 2.14 bits per heavy atom. The number of nitriles is 1. The first-order chi connectivity index (χ1) is 13.7. The Morgan fingerprint density at radius 1 is 1.00 bits per heavy atom. The van der Waals surface area contributed by atoms with Gasteiger partial charge in [-0.1, -0.05) is 61.7 Å². The van der Waals surface area contributed by atoms with E-state index in [4.69, 9.17) is 5.26 Å². The number of carbonyl (C=O) groups is 1. The fraction of sp³-hybridized carbons (Fsp3) is 0.417. The van der Waals surface area contributed by atoms with Gasteiger partial charge in [0.2, 0.25) is 0 Å². The van der Waals surface area contributed by atoms with Gasteiger partial charge in [-0.3, -0.25) is 4.79 Å². The van der Waals surface area contributed by atoms with E-state index in [1.54, 1.807) is 38.1 Å². The zero-order valence-corrected chi connectivity index (χ0v) is 17.8. The van der Waals surface area contributed by atoms with Crippen LogP contribution in [-0.2, 0) is 24.8 Å². The molecule has 0 spiro atoms. The highest BCUT2D eigenvalue weighted by Crippen LogP contribution is 2.41. The number of hydrogen-bond donors (Lipinski definition) is 0. The Bertz CT molecular complexity index is 1010. The van der Waals surface area contributed by atoms with Crippen molar-refractivity contribution >= 4 is 15.6 Å². The van der Waals surface area contributed by atoms with Gasteiger partial charge in [0.05, 0.1) is 21.8 Å². The molecule has 1 aliphatic rings. The Labute approximate surface area is 173 Å². The third kappa shape index (κ3) is 4.00. The lowest BCUT2D eigenvalue weighted by Crippen LogP contribution is -2.44. The van der Waals surface area contributed by atoms with Gasteiger partial charge in [0.1, 0.15) is 5.75 Å². The lowest BCUT2D eigenvalue weighted by Gasteiger charge is -2.37. The quantitative estimate of drug-likeness (QED) is 0.694. The fourth-order valence-electron chi connectivity index (χ4n) is 4.26. The van der Waals surface area contributed by atoms with Gasteiger partial charge in [0, 0.05) is 0 Å². The average molecular weight is 410 g/mol. The van der Waals surface area contributed by atoms with Gasteiger partial charge in [0.25, 0.3) is 0 Å². The second-order valence-corrected chi connectivity index (χ2v) is 10.9. The second kappa shape index (κ2) is 8.12. The van der Waals surface area contributed by atoms with Crippen LogP contribution in [0.25, 0.3) is 0 Å². The van der Waals surface area contributed by atoms with E-state index >= 15 is 0 Å². The third-order valence-electron chi connectivity index (χ3n) is 6.38. The van der Waals surface area contributed by atoms with Crippen LogP contribution in [0.1, 0.15) is 62.6 Å². The van der Waals surface area contributed by atoms with Crippen molar-refractivity contribution in [1.29, 1.82) is 5.26 Å². The molecule has 1 saturated carbocycles. The number of benzene rings is 2. The average Bonchev–Trinajstić information content (AvgIpc) is 2.74. The molecule has 4 nitrogen and oxygen atoms in total. The number of sulfone groups is 1. The van der Waals surface area contributed by atoms with Crippen molar-refractivity contribution in [1.82, 2.24) is 0 Å². The molecule has 0 N–H and O–H groups in total. The maximum absolute atomic E-state index is 13.5. The largest absolute Gasteiger partial charge is 0.298 e.